The SMILES string of the molecule is COC(=O)c1ccc2c(c1)OCC(=O)N2Cc1ccc(C(=O)OC)c([N+](=O)[O-])c1. The average molecular weight is 400 g/mol. The van der Waals surface area contributed by atoms with Gasteiger partial charge in [-0.2, -0.15) is 0 Å². The number of fused-ring (bicyclic) bond motifs is 1. The van der Waals surface area contributed by atoms with E-state index >= 15 is 0 Å². The molecule has 0 fully saturated rings. The standard InChI is InChI=1S/C19H16N2O8/c1-27-18(23)12-4-6-14-16(8-12)29-10-17(22)20(14)9-11-3-5-13(19(24)28-2)15(7-11)21(25)26/h3-8H,9-10H2,1-2H3. The Hall–Kier alpha value is -3.95. The molecule has 1 aliphatic heterocycles. The number of rotatable bonds is 5. The van der Waals surface area contributed by atoms with Gasteiger partial charge in [-0.05, 0) is 29.8 Å². The van der Waals surface area contributed by atoms with E-state index in [9.17, 15) is 24.5 Å². The minimum atomic E-state index is -0.827. The lowest BCUT2D eigenvalue weighted by Crippen LogP contribution is -2.38. The van der Waals surface area contributed by atoms with Crippen LogP contribution in [0.4, 0.5) is 11.4 Å². The van der Waals surface area contributed by atoms with E-state index in [-0.39, 0.29) is 30.2 Å². The summed E-state index contributed by atoms with van der Waals surface area (Å²) in [5.74, 6) is -1.42. The number of anilines is 1. The van der Waals surface area contributed by atoms with Crippen LogP contribution in [0.15, 0.2) is 36.4 Å². The summed E-state index contributed by atoms with van der Waals surface area (Å²) in [5, 5.41) is 11.3. The zero-order chi connectivity index (χ0) is 21.1. The molecule has 0 aromatic heterocycles. The molecule has 0 aliphatic carbocycles. The molecule has 1 amide bonds. The van der Waals surface area contributed by atoms with Crippen molar-refractivity contribution in [2.75, 3.05) is 25.7 Å². The summed E-state index contributed by atoms with van der Waals surface area (Å²) in [6.45, 7) is -0.241. The van der Waals surface area contributed by atoms with Crippen LogP contribution in [0.25, 0.3) is 0 Å². The molecule has 0 N–H and O–H groups in total. The second kappa shape index (κ2) is 7.97. The summed E-state index contributed by atoms with van der Waals surface area (Å²) in [7, 11) is 2.38. The summed E-state index contributed by atoms with van der Waals surface area (Å²) < 4.78 is 14.6. The summed E-state index contributed by atoms with van der Waals surface area (Å²) in [5.41, 5.74) is 0.504. The Morgan fingerprint density at radius 2 is 1.86 bits per heavy atom. The molecule has 3 rings (SSSR count). The number of carbonyl (C=O) groups is 3. The van der Waals surface area contributed by atoms with Gasteiger partial charge in [-0.25, -0.2) is 9.59 Å². The monoisotopic (exact) mass is 400 g/mol. The molecule has 10 nitrogen and oxygen atoms in total. The van der Waals surface area contributed by atoms with Crippen LogP contribution >= 0.6 is 0 Å². The Labute approximate surface area is 164 Å². The van der Waals surface area contributed by atoms with Crippen LogP contribution in [0.2, 0.25) is 0 Å². The van der Waals surface area contributed by atoms with Gasteiger partial charge < -0.3 is 19.1 Å². The fourth-order valence-corrected chi connectivity index (χ4v) is 2.91. The minimum Gasteiger partial charge on any atom is -0.482 e. The van der Waals surface area contributed by atoms with Crippen molar-refractivity contribution in [2.24, 2.45) is 0 Å². The summed E-state index contributed by atoms with van der Waals surface area (Å²) in [6, 6.07) is 8.50. The Kier molecular flexibility index (Phi) is 5.44. The molecule has 0 spiro atoms. The Balaban J connectivity index is 1.95. The van der Waals surface area contributed by atoms with Crippen LogP contribution in [0.5, 0.6) is 5.75 Å². The number of ether oxygens (including phenoxy) is 3. The van der Waals surface area contributed by atoms with Crippen LogP contribution in [0, 0.1) is 10.1 Å². The van der Waals surface area contributed by atoms with E-state index < -0.39 is 22.5 Å². The van der Waals surface area contributed by atoms with Crippen LogP contribution in [-0.2, 0) is 20.8 Å². The van der Waals surface area contributed by atoms with Crippen molar-refractivity contribution in [1.29, 1.82) is 0 Å². The maximum atomic E-state index is 12.4. The highest BCUT2D eigenvalue weighted by atomic mass is 16.6. The summed E-state index contributed by atoms with van der Waals surface area (Å²) in [6.07, 6.45) is 0. The fourth-order valence-electron chi connectivity index (χ4n) is 2.91. The fraction of sp³-hybridized carbons (Fsp3) is 0.211. The summed E-state index contributed by atoms with van der Waals surface area (Å²) >= 11 is 0. The van der Waals surface area contributed by atoms with E-state index in [1.54, 1.807) is 0 Å². The molecule has 0 saturated heterocycles. The predicted molar refractivity (Wildman–Crippen MR) is 98.9 cm³/mol. The number of nitro groups is 1. The van der Waals surface area contributed by atoms with E-state index in [1.807, 2.05) is 0 Å². The molecule has 0 bridgehead atoms. The van der Waals surface area contributed by atoms with E-state index in [2.05, 4.69) is 9.47 Å². The van der Waals surface area contributed by atoms with Gasteiger partial charge in [-0.1, -0.05) is 6.07 Å². The third-order valence-electron chi connectivity index (χ3n) is 4.33. The Bertz CT molecular complexity index is 1020. The zero-order valence-corrected chi connectivity index (χ0v) is 15.5. The van der Waals surface area contributed by atoms with Crippen molar-refractivity contribution in [3.05, 3.63) is 63.2 Å². The minimum absolute atomic E-state index is 0.00898. The van der Waals surface area contributed by atoms with Gasteiger partial charge in [0.25, 0.3) is 11.6 Å². The quantitative estimate of drug-likeness (QED) is 0.424. The van der Waals surface area contributed by atoms with Crippen molar-refractivity contribution in [3.63, 3.8) is 0 Å². The molecule has 1 aliphatic rings. The number of hydrogen-bond donors (Lipinski definition) is 0. The lowest BCUT2D eigenvalue weighted by molar-refractivity contribution is -0.385. The van der Waals surface area contributed by atoms with Crippen LogP contribution in [0.3, 0.4) is 0 Å². The zero-order valence-electron chi connectivity index (χ0n) is 15.5. The van der Waals surface area contributed by atoms with Crippen LogP contribution in [-0.4, -0.2) is 43.6 Å². The van der Waals surface area contributed by atoms with Gasteiger partial charge in [0.2, 0.25) is 0 Å². The average Bonchev–Trinajstić information content (AvgIpc) is 2.74. The first kappa shape index (κ1) is 19.8. The first-order valence-electron chi connectivity index (χ1n) is 8.37. The molecule has 29 heavy (non-hydrogen) atoms. The number of carbonyl (C=O) groups excluding carboxylic acids is 3. The first-order valence-corrected chi connectivity index (χ1v) is 8.37. The van der Waals surface area contributed by atoms with E-state index in [0.717, 1.165) is 7.11 Å². The molecule has 0 radical (unpaired) electrons. The van der Waals surface area contributed by atoms with Crippen molar-refractivity contribution < 1.29 is 33.5 Å². The van der Waals surface area contributed by atoms with E-state index in [0.29, 0.717) is 17.0 Å². The maximum Gasteiger partial charge on any atom is 0.344 e. The molecule has 1 heterocycles. The maximum absolute atomic E-state index is 12.4. The summed E-state index contributed by atoms with van der Waals surface area (Å²) in [4.78, 5) is 47.8. The van der Waals surface area contributed by atoms with Gasteiger partial charge in [0.05, 0.1) is 36.9 Å². The van der Waals surface area contributed by atoms with Gasteiger partial charge in [0.1, 0.15) is 11.3 Å². The van der Waals surface area contributed by atoms with Crippen molar-refractivity contribution in [2.45, 2.75) is 6.54 Å². The highest BCUT2D eigenvalue weighted by Crippen LogP contribution is 2.34. The first-order chi connectivity index (χ1) is 13.8. The normalized spacial score (nSPS) is 12.6. The molecule has 0 unspecified atom stereocenters. The van der Waals surface area contributed by atoms with Crippen LogP contribution < -0.4 is 9.64 Å². The van der Waals surface area contributed by atoms with E-state index in [4.69, 9.17) is 4.74 Å². The predicted octanol–water partition coefficient (Wildman–Crippen LogP) is 2.09. The molecular weight excluding hydrogens is 384 g/mol. The number of nitrogens with zero attached hydrogens (tertiary/aromatic N) is 2. The van der Waals surface area contributed by atoms with Crippen molar-refractivity contribution in [3.8, 4) is 5.75 Å². The third-order valence-corrected chi connectivity index (χ3v) is 4.33. The lowest BCUT2D eigenvalue weighted by atomic mass is 10.1. The molecule has 10 heteroatoms. The number of nitro benzene ring substituents is 1. The molecule has 2 aromatic rings. The van der Waals surface area contributed by atoms with Gasteiger partial charge in [-0.3, -0.25) is 14.9 Å². The molecule has 150 valence electrons. The second-order valence-corrected chi connectivity index (χ2v) is 6.04. The van der Waals surface area contributed by atoms with Gasteiger partial charge >= 0.3 is 11.9 Å². The van der Waals surface area contributed by atoms with Gasteiger partial charge in [-0.15, -0.1) is 0 Å². The molecule has 0 atom stereocenters. The Morgan fingerprint density at radius 1 is 1.14 bits per heavy atom. The highest BCUT2D eigenvalue weighted by molar-refractivity contribution is 5.99. The third kappa shape index (κ3) is 3.86. The number of benzene rings is 2. The molecule has 2 aromatic carbocycles. The van der Waals surface area contributed by atoms with Gasteiger partial charge in [0.15, 0.2) is 6.61 Å². The molecule has 0 saturated carbocycles. The smallest absolute Gasteiger partial charge is 0.344 e. The lowest BCUT2D eigenvalue weighted by Gasteiger charge is -2.29. The van der Waals surface area contributed by atoms with Gasteiger partial charge in [0, 0.05) is 6.07 Å². The van der Waals surface area contributed by atoms with Crippen molar-refractivity contribution >= 4 is 29.2 Å². The second-order valence-electron chi connectivity index (χ2n) is 6.04. The Morgan fingerprint density at radius 3 is 2.52 bits per heavy atom. The number of esters is 2. The number of hydrogen-bond acceptors (Lipinski definition) is 8. The number of methoxy groups -OCH3 is 2. The highest BCUT2D eigenvalue weighted by Gasteiger charge is 2.28. The topological polar surface area (TPSA) is 125 Å². The largest absolute Gasteiger partial charge is 0.482 e. The molecular formula is C19H16N2O8. The van der Waals surface area contributed by atoms with E-state index in [1.165, 1.54) is 48.4 Å². The number of amides is 1. The van der Waals surface area contributed by atoms with Crippen LogP contribution in [0.1, 0.15) is 26.3 Å². The van der Waals surface area contributed by atoms with Crippen molar-refractivity contribution in [1.82, 2.24) is 0 Å².